The summed E-state index contributed by atoms with van der Waals surface area (Å²) in [4.78, 5) is 0. The number of rotatable bonds is 5. The quantitative estimate of drug-likeness (QED) is 0.773. The first-order valence-corrected chi connectivity index (χ1v) is 7.81. The van der Waals surface area contributed by atoms with Crippen LogP contribution in [0.2, 0.25) is 0 Å². The van der Waals surface area contributed by atoms with Crippen molar-refractivity contribution in [2.75, 3.05) is 13.2 Å². The van der Waals surface area contributed by atoms with E-state index in [1.807, 2.05) is 25.6 Å². The third kappa shape index (κ3) is 2.74. The summed E-state index contributed by atoms with van der Waals surface area (Å²) >= 11 is 0. The first-order valence-electron chi connectivity index (χ1n) is 7.81. The smallest absolute Gasteiger partial charge is 0.154 e. The highest BCUT2D eigenvalue weighted by atomic mass is 16.7. The molecule has 2 aliphatic carbocycles. The average Bonchev–Trinajstić information content (AvgIpc) is 2.94. The van der Waals surface area contributed by atoms with Crippen molar-refractivity contribution in [3.63, 3.8) is 0 Å². The Morgan fingerprint density at radius 1 is 1.25 bits per heavy atom. The molecule has 0 amide bonds. The molecule has 0 N–H and O–H groups in total. The summed E-state index contributed by atoms with van der Waals surface area (Å²) in [6.07, 6.45) is 4.58. The molecule has 0 aliphatic heterocycles. The number of fused-ring (bicyclic) bond motifs is 2. The van der Waals surface area contributed by atoms with Gasteiger partial charge in [-0.3, -0.25) is 4.68 Å². The van der Waals surface area contributed by atoms with Gasteiger partial charge in [-0.15, -0.1) is 5.10 Å². The first-order chi connectivity index (χ1) is 9.70. The van der Waals surface area contributed by atoms with Gasteiger partial charge in [-0.1, -0.05) is 5.21 Å². The number of aromatic nitrogens is 3. The van der Waals surface area contributed by atoms with E-state index in [1.54, 1.807) is 0 Å². The Balaban J connectivity index is 1.53. The summed E-state index contributed by atoms with van der Waals surface area (Å²) in [7, 11) is 2.00. The summed E-state index contributed by atoms with van der Waals surface area (Å²) in [5, 5.41) is 8.44. The maximum atomic E-state index is 5.81. The van der Waals surface area contributed by atoms with Crippen LogP contribution in [0, 0.1) is 17.8 Å². The average molecular weight is 279 g/mol. The second kappa shape index (κ2) is 5.82. The van der Waals surface area contributed by atoms with E-state index in [0.29, 0.717) is 6.61 Å². The number of nitrogens with zero attached hydrogens (tertiary/aromatic N) is 3. The Hall–Kier alpha value is -0.940. The third-order valence-electron chi connectivity index (χ3n) is 4.89. The Kier molecular flexibility index (Phi) is 4.08. The Morgan fingerprint density at radius 3 is 2.75 bits per heavy atom. The topological polar surface area (TPSA) is 49.2 Å². The predicted octanol–water partition coefficient (Wildman–Crippen LogP) is 1.96. The standard InChI is InChI=1S/C15H25N3O2/c1-4-19-10(2)20-9-13-11-5-7-14-15(8-6-12(11)13)18(3)17-16-14/h10-13H,4-9H2,1-3H3/t10?,11-,12+,13-/m1/s1. The second-order valence-electron chi connectivity index (χ2n) is 6.03. The fraction of sp³-hybridized carbons (Fsp3) is 0.867. The maximum Gasteiger partial charge on any atom is 0.154 e. The second-order valence-corrected chi connectivity index (χ2v) is 6.03. The minimum atomic E-state index is -0.0740. The summed E-state index contributed by atoms with van der Waals surface area (Å²) in [5.41, 5.74) is 2.54. The zero-order valence-electron chi connectivity index (χ0n) is 12.7. The van der Waals surface area contributed by atoms with Gasteiger partial charge in [-0.2, -0.15) is 0 Å². The molecule has 1 aromatic rings. The van der Waals surface area contributed by atoms with Crippen LogP contribution in [0.3, 0.4) is 0 Å². The minimum Gasteiger partial charge on any atom is -0.353 e. The van der Waals surface area contributed by atoms with Crippen molar-refractivity contribution in [1.29, 1.82) is 0 Å². The zero-order valence-corrected chi connectivity index (χ0v) is 12.7. The molecule has 112 valence electrons. The van der Waals surface area contributed by atoms with E-state index in [1.165, 1.54) is 24.2 Å². The van der Waals surface area contributed by atoms with Crippen LogP contribution in [0.25, 0.3) is 0 Å². The predicted molar refractivity (Wildman–Crippen MR) is 75.2 cm³/mol. The molecule has 0 radical (unpaired) electrons. The molecule has 2 aliphatic rings. The lowest BCUT2D eigenvalue weighted by Gasteiger charge is -2.12. The van der Waals surface area contributed by atoms with Gasteiger partial charge >= 0.3 is 0 Å². The molecule has 0 aromatic carbocycles. The number of ether oxygens (including phenoxy) is 2. The van der Waals surface area contributed by atoms with Crippen LogP contribution >= 0.6 is 0 Å². The lowest BCUT2D eigenvalue weighted by atomic mass is 10.0. The van der Waals surface area contributed by atoms with E-state index in [9.17, 15) is 0 Å². The van der Waals surface area contributed by atoms with Gasteiger partial charge in [0.1, 0.15) is 0 Å². The fourth-order valence-electron chi connectivity index (χ4n) is 3.68. The minimum absolute atomic E-state index is 0.0740. The molecule has 5 heteroatoms. The van der Waals surface area contributed by atoms with Gasteiger partial charge in [0.25, 0.3) is 0 Å². The largest absolute Gasteiger partial charge is 0.353 e. The van der Waals surface area contributed by atoms with E-state index in [-0.39, 0.29) is 6.29 Å². The summed E-state index contributed by atoms with van der Waals surface area (Å²) in [6.45, 7) is 5.55. The van der Waals surface area contributed by atoms with Crippen molar-refractivity contribution in [1.82, 2.24) is 15.0 Å². The van der Waals surface area contributed by atoms with Crippen molar-refractivity contribution in [2.24, 2.45) is 24.8 Å². The highest BCUT2D eigenvalue weighted by molar-refractivity contribution is 5.14. The summed E-state index contributed by atoms with van der Waals surface area (Å²) < 4.78 is 13.2. The van der Waals surface area contributed by atoms with Gasteiger partial charge in [0.2, 0.25) is 0 Å². The molecule has 1 fully saturated rings. The molecule has 0 saturated heterocycles. The third-order valence-corrected chi connectivity index (χ3v) is 4.89. The molecule has 1 heterocycles. The molecular weight excluding hydrogens is 254 g/mol. The fourth-order valence-corrected chi connectivity index (χ4v) is 3.68. The maximum absolute atomic E-state index is 5.81. The Labute approximate surface area is 120 Å². The number of hydrogen-bond donors (Lipinski definition) is 0. The SMILES string of the molecule is CCOC(C)OC[C@@H]1[C@@H]2CCc3nnn(C)c3CC[C@@H]21. The Morgan fingerprint density at radius 2 is 2.00 bits per heavy atom. The monoisotopic (exact) mass is 279 g/mol. The van der Waals surface area contributed by atoms with Crippen LogP contribution in [-0.2, 0) is 29.4 Å². The molecule has 4 atom stereocenters. The van der Waals surface area contributed by atoms with Gasteiger partial charge in [-0.05, 0) is 57.3 Å². The van der Waals surface area contributed by atoms with Crippen molar-refractivity contribution in [2.45, 2.75) is 45.8 Å². The van der Waals surface area contributed by atoms with Gasteiger partial charge in [0, 0.05) is 13.7 Å². The highest BCUT2D eigenvalue weighted by Gasteiger charge is 2.49. The lowest BCUT2D eigenvalue weighted by Crippen LogP contribution is -2.15. The van der Waals surface area contributed by atoms with Crippen LogP contribution in [0.15, 0.2) is 0 Å². The van der Waals surface area contributed by atoms with Gasteiger partial charge in [0.05, 0.1) is 18.0 Å². The van der Waals surface area contributed by atoms with Crippen LogP contribution in [0.5, 0.6) is 0 Å². The number of aryl methyl sites for hydroxylation is 2. The molecule has 20 heavy (non-hydrogen) atoms. The van der Waals surface area contributed by atoms with E-state index < -0.39 is 0 Å². The van der Waals surface area contributed by atoms with Crippen LogP contribution in [0.4, 0.5) is 0 Å². The highest BCUT2D eigenvalue weighted by Crippen LogP contribution is 2.52. The van der Waals surface area contributed by atoms with E-state index in [4.69, 9.17) is 9.47 Å². The van der Waals surface area contributed by atoms with Gasteiger partial charge < -0.3 is 9.47 Å². The summed E-state index contributed by atoms with van der Waals surface area (Å²) in [6, 6.07) is 0. The van der Waals surface area contributed by atoms with Crippen molar-refractivity contribution >= 4 is 0 Å². The van der Waals surface area contributed by atoms with Crippen LogP contribution in [-0.4, -0.2) is 34.5 Å². The lowest BCUT2D eigenvalue weighted by molar-refractivity contribution is -0.131. The van der Waals surface area contributed by atoms with E-state index >= 15 is 0 Å². The molecule has 0 spiro atoms. The van der Waals surface area contributed by atoms with Crippen molar-refractivity contribution in [3.05, 3.63) is 11.4 Å². The molecule has 5 nitrogen and oxygen atoms in total. The molecule has 1 aromatic heterocycles. The molecule has 1 unspecified atom stereocenters. The number of hydrogen-bond acceptors (Lipinski definition) is 4. The van der Waals surface area contributed by atoms with Gasteiger partial charge in [0.15, 0.2) is 6.29 Å². The first kappa shape index (κ1) is 14.0. The van der Waals surface area contributed by atoms with Crippen LogP contribution < -0.4 is 0 Å². The Bertz CT molecular complexity index is 460. The zero-order chi connectivity index (χ0) is 14.1. The van der Waals surface area contributed by atoms with Crippen molar-refractivity contribution < 1.29 is 9.47 Å². The van der Waals surface area contributed by atoms with Crippen molar-refractivity contribution in [3.8, 4) is 0 Å². The van der Waals surface area contributed by atoms with E-state index in [2.05, 4.69) is 10.3 Å². The van der Waals surface area contributed by atoms with Crippen LogP contribution in [0.1, 0.15) is 38.1 Å². The van der Waals surface area contributed by atoms with Gasteiger partial charge in [-0.25, -0.2) is 0 Å². The molecule has 1 saturated carbocycles. The normalized spacial score (nSPS) is 30.1. The molecule has 3 rings (SSSR count). The molecular formula is C15H25N3O2. The molecule has 0 bridgehead atoms. The van der Waals surface area contributed by atoms with E-state index in [0.717, 1.165) is 37.2 Å². The summed E-state index contributed by atoms with van der Waals surface area (Å²) in [5.74, 6) is 2.37.